The van der Waals surface area contributed by atoms with Gasteiger partial charge in [-0.3, -0.25) is 0 Å². The summed E-state index contributed by atoms with van der Waals surface area (Å²) in [7, 11) is 0. The first-order valence-corrected chi connectivity index (χ1v) is 8.26. The molecule has 3 unspecified atom stereocenters. The first kappa shape index (κ1) is 12.7. The zero-order chi connectivity index (χ0) is 13.0. The Morgan fingerprint density at radius 2 is 1.94 bits per heavy atom. The van der Waals surface area contributed by atoms with E-state index in [0.717, 1.165) is 24.8 Å². The summed E-state index contributed by atoms with van der Waals surface area (Å²) < 4.78 is 0. The van der Waals surface area contributed by atoms with Gasteiger partial charge in [-0.2, -0.15) is 10.5 Å². The molecule has 3 rings (SSSR count). The van der Waals surface area contributed by atoms with Crippen molar-refractivity contribution in [2.45, 2.75) is 41.8 Å². The van der Waals surface area contributed by atoms with Crippen molar-refractivity contribution in [3.63, 3.8) is 0 Å². The van der Waals surface area contributed by atoms with Gasteiger partial charge in [-0.15, -0.1) is 0 Å². The molecule has 2 saturated carbocycles. The average molecular weight is 370 g/mol. The van der Waals surface area contributed by atoms with Gasteiger partial charge in [0, 0.05) is 26.1 Å². The summed E-state index contributed by atoms with van der Waals surface area (Å²) >= 11 is 7.47. The van der Waals surface area contributed by atoms with Crippen molar-refractivity contribution in [2.75, 3.05) is 0 Å². The Morgan fingerprint density at radius 1 is 1.22 bits per heavy atom. The van der Waals surface area contributed by atoms with Crippen LogP contribution in [0, 0.1) is 39.4 Å². The molecule has 0 N–H and O–H groups in total. The summed E-state index contributed by atoms with van der Waals surface area (Å²) in [5, 5.41) is 19.1. The van der Waals surface area contributed by atoms with E-state index in [9.17, 15) is 10.5 Å². The van der Waals surface area contributed by atoms with Crippen LogP contribution in [0.15, 0.2) is 11.6 Å². The number of rotatable bonds is 0. The topological polar surface area (TPSA) is 47.6 Å². The number of nitriles is 2. The molecule has 0 radical (unpaired) electrons. The minimum Gasteiger partial charge on any atom is -0.198 e. The Hall–Kier alpha value is -0.320. The maximum absolute atomic E-state index is 9.58. The van der Waals surface area contributed by atoms with E-state index in [1.54, 1.807) is 0 Å². The van der Waals surface area contributed by atoms with Crippen molar-refractivity contribution >= 4 is 31.9 Å². The molecule has 3 aliphatic carbocycles. The molecule has 5 atom stereocenters. The van der Waals surface area contributed by atoms with Gasteiger partial charge in [-0.25, -0.2) is 0 Å². The maximum atomic E-state index is 9.58. The van der Waals surface area contributed by atoms with Crippen LogP contribution in [0.5, 0.6) is 0 Å². The highest BCUT2D eigenvalue weighted by Crippen LogP contribution is 2.73. The number of nitrogens with zero attached hydrogens (tertiary/aromatic N) is 2. The number of hydrogen-bond donors (Lipinski definition) is 0. The number of halogens is 2. The van der Waals surface area contributed by atoms with E-state index in [-0.39, 0.29) is 26.4 Å². The molecule has 0 saturated heterocycles. The zero-order valence-electron chi connectivity index (χ0n) is 10.00. The van der Waals surface area contributed by atoms with Gasteiger partial charge in [0.25, 0.3) is 0 Å². The Bertz CT molecular complexity index is 501. The second kappa shape index (κ2) is 4.09. The molecule has 4 heteroatoms. The van der Waals surface area contributed by atoms with Crippen LogP contribution in [0.25, 0.3) is 0 Å². The second-order valence-corrected chi connectivity index (χ2v) is 7.91. The van der Waals surface area contributed by atoms with Crippen molar-refractivity contribution < 1.29 is 0 Å². The first-order valence-electron chi connectivity index (χ1n) is 6.42. The molecule has 0 bridgehead atoms. The molecule has 94 valence electrons. The lowest BCUT2D eigenvalue weighted by molar-refractivity contribution is 0.0577. The fraction of sp³-hybridized carbons (Fsp3) is 0.714. The van der Waals surface area contributed by atoms with Crippen LogP contribution in [-0.2, 0) is 0 Å². The van der Waals surface area contributed by atoms with E-state index in [1.165, 1.54) is 12.8 Å². The molecule has 18 heavy (non-hydrogen) atoms. The second-order valence-electron chi connectivity index (χ2n) is 5.75. The van der Waals surface area contributed by atoms with Crippen molar-refractivity contribution in [3.05, 3.63) is 11.6 Å². The van der Waals surface area contributed by atoms with Gasteiger partial charge < -0.3 is 0 Å². The first-order chi connectivity index (χ1) is 8.62. The van der Waals surface area contributed by atoms with Crippen molar-refractivity contribution in [1.82, 2.24) is 0 Å². The monoisotopic (exact) mass is 368 g/mol. The van der Waals surface area contributed by atoms with E-state index in [0.29, 0.717) is 0 Å². The quantitative estimate of drug-likeness (QED) is 0.604. The molecule has 0 aromatic heterocycles. The normalized spacial score (nSPS) is 49.8. The molecule has 0 amide bonds. The van der Waals surface area contributed by atoms with Gasteiger partial charge in [0.05, 0.1) is 18.1 Å². The largest absolute Gasteiger partial charge is 0.198 e. The van der Waals surface area contributed by atoms with Gasteiger partial charge in [0.2, 0.25) is 0 Å². The predicted octanol–water partition coefficient (Wildman–Crippen LogP) is 4.07. The van der Waals surface area contributed by atoms with Crippen LogP contribution in [0.3, 0.4) is 0 Å². The summed E-state index contributed by atoms with van der Waals surface area (Å²) in [6.07, 6.45) is 7.49. The Morgan fingerprint density at radius 3 is 2.61 bits per heavy atom. The molecule has 0 spiro atoms. The standard InChI is InChI=1S/C14H14Br2N2/c15-11-6-13-3-1-2-4-14(13,10(11)8-18)12(16)5-9(13)7-17/h5,10-12H,1-4,6H2/t10?,11?,12?,13-,14+/m0/s1. The molecule has 3 aliphatic rings. The lowest BCUT2D eigenvalue weighted by Gasteiger charge is -2.48. The Balaban J connectivity index is 2.21. The van der Waals surface area contributed by atoms with Crippen LogP contribution >= 0.6 is 31.9 Å². The van der Waals surface area contributed by atoms with Crippen LogP contribution in [0.2, 0.25) is 0 Å². The fourth-order valence-electron chi connectivity index (χ4n) is 4.70. The van der Waals surface area contributed by atoms with Crippen LogP contribution in [0.4, 0.5) is 0 Å². The van der Waals surface area contributed by atoms with Gasteiger partial charge in [0.15, 0.2) is 0 Å². The minimum atomic E-state index is -0.0563. The summed E-state index contributed by atoms with van der Waals surface area (Å²) in [6, 6.07) is 4.94. The molecule has 0 aliphatic heterocycles. The van der Waals surface area contributed by atoms with Gasteiger partial charge in [-0.1, -0.05) is 50.8 Å². The molecule has 0 aromatic rings. The SMILES string of the molecule is N#CC1=CC(Br)[C@]23CCCC[C@]12CC(Br)C3C#N. The van der Waals surface area contributed by atoms with E-state index < -0.39 is 0 Å². The summed E-state index contributed by atoms with van der Waals surface area (Å²) in [4.78, 5) is 0.393. The number of allylic oxidation sites excluding steroid dienone is 2. The van der Waals surface area contributed by atoms with Gasteiger partial charge in [0.1, 0.15) is 0 Å². The molecule has 2 nitrogen and oxygen atoms in total. The van der Waals surface area contributed by atoms with Crippen LogP contribution in [0.1, 0.15) is 32.1 Å². The Labute approximate surface area is 124 Å². The maximum Gasteiger partial charge on any atom is 0.0950 e. The average Bonchev–Trinajstić information content (AvgIpc) is 2.77. The highest BCUT2D eigenvalue weighted by Gasteiger charge is 2.70. The summed E-state index contributed by atoms with van der Waals surface area (Å²) in [6.45, 7) is 0. The molecule has 2 fully saturated rings. The third-order valence-corrected chi connectivity index (χ3v) is 7.31. The van der Waals surface area contributed by atoms with Gasteiger partial charge in [-0.05, 0) is 19.3 Å². The minimum absolute atomic E-state index is 0.00396. The van der Waals surface area contributed by atoms with Crippen LogP contribution < -0.4 is 0 Å². The molecule has 0 aromatic carbocycles. The number of alkyl halides is 2. The third-order valence-electron chi connectivity index (χ3n) is 5.38. The Kier molecular flexibility index (Phi) is 2.88. The third kappa shape index (κ3) is 1.22. The summed E-state index contributed by atoms with van der Waals surface area (Å²) in [5.74, 6) is 0.00396. The molecular formula is C14H14Br2N2. The number of hydrogen-bond acceptors (Lipinski definition) is 2. The van der Waals surface area contributed by atoms with E-state index in [4.69, 9.17) is 0 Å². The highest BCUT2D eigenvalue weighted by molar-refractivity contribution is 9.10. The van der Waals surface area contributed by atoms with E-state index >= 15 is 0 Å². The zero-order valence-corrected chi connectivity index (χ0v) is 13.2. The predicted molar refractivity (Wildman–Crippen MR) is 76.2 cm³/mol. The van der Waals surface area contributed by atoms with Crippen molar-refractivity contribution in [2.24, 2.45) is 16.7 Å². The molecular weight excluding hydrogens is 356 g/mol. The smallest absolute Gasteiger partial charge is 0.0950 e. The summed E-state index contributed by atoms with van der Waals surface area (Å²) in [5.41, 5.74) is 0.813. The van der Waals surface area contributed by atoms with Crippen molar-refractivity contribution in [3.8, 4) is 12.1 Å². The fourth-order valence-corrected chi connectivity index (χ4v) is 7.06. The van der Waals surface area contributed by atoms with Gasteiger partial charge >= 0.3 is 0 Å². The lowest BCUT2D eigenvalue weighted by atomic mass is 9.55. The lowest BCUT2D eigenvalue weighted by Crippen LogP contribution is -2.46. The van der Waals surface area contributed by atoms with Crippen molar-refractivity contribution in [1.29, 1.82) is 10.5 Å². The molecule has 0 heterocycles. The van der Waals surface area contributed by atoms with E-state index in [1.807, 2.05) is 0 Å². The van der Waals surface area contributed by atoms with Crippen LogP contribution in [-0.4, -0.2) is 9.65 Å². The van der Waals surface area contributed by atoms with E-state index in [2.05, 4.69) is 50.1 Å². The highest BCUT2D eigenvalue weighted by atomic mass is 79.9.